The number of β-amino-alcohol motifs (C(OH)–C–C–N with tert-alkyl or cyclic N) is 1. The van der Waals surface area contributed by atoms with Gasteiger partial charge in [0.25, 0.3) is 0 Å². The summed E-state index contributed by atoms with van der Waals surface area (Å²) in [6, 6.07) is 0. The molecule has 2 heterocycles. The van der Waals surface area contributed by atoms with E-state index < -0.39 is 0 Å². The van der Waals surface area contributed by atoms with Crippen LogP contribution in [0, 0.1) is 0 Å². The molecule has 0 bridgehead atoms. The molecule has 1 N–H and O–H groups in total. The summed E-state index contributed by atoms with van der Waals surface area (Å²) in [4.78, 5) is 6.70. The first-order valence-electron chi connectivity index (χ1n) is 6.04. The van der Waals surface area contributed by atoms with Crippen LogP contribution >= 0.6 is 0 Å². The van der Waals surface area contributed by atoms with Gasteiger partial charge in [-0.2, -0.15) is 0 Å². The van der Waals surface area contributed by atoms with Crippen molar-refractivity contribution in [3.05, 3.63) is 0 Å². The molecule has 16 heavy (non-hydrogen) atoms. The second-order valence-corrected chi connectivity index (χ2v) is 4.97. The zero-order chi connectivity index (χ0) is 11.7. The average Bonchev–Trinajstić information content (AvgIpc) is 2.27. The molecule has 0 radical (unpaired) electrons. The van der Waals surface area contributed by atoms with Crippen LogP contribution in [0.15, 0.2) is 0 Å². The van der Waals surface area contributed by atoms with Crippen LogP contribution in [-0.2, 0) is 4.74 Å². The number of nitrogens with zero attached hydrogens (tertiary/aromatic N) is 3. The maximum absolute atomic E-state index is 9.57. The molecular formula is C11H23N3O2. The monoisotopic (exact) mass is 229 g/mol. The second-order valence-electron chi connectivity index (χ2n) is 4.97. The molecule has 2 rings (SSSR count). The number of rotatable bonds is 3. The summed E-state index contributed by atoms with van der Waals surface area (Å²) in [5, 5.41) is 9.57. The first kappa shape index (κ1) is 12.3. The SMILES string of the molecule is CC(OC1C(O)CN1C)N1CCN(C)CC1. The molecule has 0 aromatic heterocycles. The molecule has 0 spiro atoms. The van der Waals surface area contributed by atoms with Crippen molar-refractivity contribution in [2.45, 2.75) is 25.5 Å². The second kappa shape index (κ2) is 4.98. The Morgan fingerprint density at radius 3 is 2.31 bits per heavy atom. The van der Waals surface area contributed by atoms with E-state index in [-0.39, 0.29) is 18.6 Å². The van der Waals surface area contributed by atoms with E-state index in [2.05, 4.69) is 23.8 Å². The first-order valence-corrected chi connectivity index (χ1v) is 6.04. The standard InChI is InChI=1S/C11H23N3O2/c1-9(14-6-4-12(2)5-7-14)16-11-10(15)8-13(11)3/h9-11,15H,4-8H2,1-3H3. The predicted octanol–water partition coefficient (Wildman–Crippen LogP) is -0.771. The lowest BCUT2D eigenvalue weighted by Gasteiger charge is -2.46. The molecular weight excluding hydrogens is 206 g/mol. The normalized spacial score (nSPS) is 36.0. The van der Waals surface area contributed by atoms with Gasteiger partial charge in [-0.25, -0.2) is 0 Å². The summed E-state index contributed by atoms with van der Waals surface area (Å²) in [5.41, 5.74) is 0. The summed E-state index contributed by atoms with van der Waals surface area (Å²) < 4.78 is 5.87. The van der Waals surface area contributed by atoms with Crippen molar-refractivity contribution in [2.24, 2.45) is 0 Å². The molecule has 5 heteroatoms. The molecule has 0 aromatic carbocycles. The van der Waals surface area contributed by atoms with Crippen LogP contribution in [0.5, 0.6) is 0 Å². The van der Waals surface area contributed by atoms with Crippen LogP contribution < -0.4 is 0 Å². The molecule has 2 aliphatic heterocycles. The molecule has 3 atom stereocenters. The summed E-state index contributed by atoms with van der Waals surface area (Å²) in [6.45, 7) is 7.08. The van der Waals surface area contributed by atoms with Crippen LogP contribution in [-0.4, -0.2) is 85.2 Å². The van der Waals surface area contributed by atoms with Gasteiger partial charge in [-0.1, -0.05) is 0 Å². The Morgan fingerprint density at radius 1 is 1.19 bits per heavy atom. The van der Waals surface area contributed by atoms with Crippen LogP contribution in [0.1, 0.15) is 6.92 Å². The minimum atomic E-state index is -0.320. The van der Waals surface area contributed by atoms with E-state index in [9.17, 15) is 5.11 Å². The van der Waals surface area contributed by atoms with Crippen LogP contribution in [0.2, 0.25) is 0 Å². The number of hydrogen-bond acceptors (Lipinski definition) is 5. The third kappa shape index (κ3) is 2.55. The third-order valence-electron chi connectivity index (χ3n) is 3.63. The Balaban J connectivity index is 1.77. The maximum atomic E-state index is 9.57. The fourth-order valence-electron chi connectivity index (χ4n) is 2.31. The van der Waals surface area contributed by atoms with Gasteiger partial charge >= 0.3 is 0 Å². The number of likely N-dealkylation sites (tertiary alicyclic amines) is 1. The van der Waals surface area contributed by atoms with Crippen molar-refractivity contribution < 1.29 is 9.84 Å². The molecule has 0 amide bonds. The number of aliphatic hydroxyl groups is 1. The lowest BCUT2D eigenvalue weighted by atomic mass is 10.1. The Morgan fingerprint density at radius 2 is 1.81 bits per heavy atom. The number of likely N-dealkylation sites (N-methyl/N-ethyl adjacent to an activating group) is 2. The summed E-state index contributed by atoms with van der Waals surface area (Å²) in [6.07, 6.45) is -0.342. The highest BCUT2D eigenvalue weighted by Gasteiger charge is 2.37. The first-order chi connectivity index (χ1) is 7.58. The van der Waals surface area contributed by atoms with E-state index in [1.165, 1.54) is 0 Å². The Labute approximate surface area is 97.6 Å². The van der Waals surface area contributed by atoms with Gasteiger partial charge in [-0.05, 0) is 21.0 Å². The van der Waals surface area contributed by atoms with Crippen molar-refractivity contribution >= 4 is 0 Å². The number of ether oxygens (including phenoxy) is 1. The number of piperazine rings is 1. The van der Waals surface area contributed by atoms with Gasteiger partial charge in [0.05, 0.1) is 0 Å². The smallest absolute Gasteiger partial charge is 0.140 e. The highest BCUT2D eigenvalue weighted by Crippen LogP contribution is 2.20. The van der Waals surface area contributed by atoms with Gasteiger partial charge in [0.2, 0.25) is 0 Å². The molecule has 2 saturated heterocycles. The Kier molecular flexibility index (Phi) is 3.81. The van der Waals surface area contributed by atoms with Gasteiger partial charge < -0.3 is 14.7 Å². The van der Waals surface area contributed by atoms with E-state index in [1.54, 1.807) is 0 Å². The Hall–Kier alpha value is -0.200. The molecule has 5 nitrogen and oxygen atoms in total. The van der Waals surface area contributed by atoms with Gasteiger partial charge in [0.1, 0.15) is 18.6 Å². The van der Waals surface area contributed by atoms with E-state index in [0.29, 0.717) is 0 Å². The number of hydrogen-bond donors (Lipinski definition) is 1. The Bertz CT molecular complexity index is 223. The zero-order valence-corrected chi connectivity index (χ0v) is 10.5. The molecule has 2 fully saturated rings. The third-order valence-corrected chi connectivity index (χ3v) is 3.63. The van der Waals surface area contributed by atoms with Gasteiger partial charge in [-0.15, -0.1) is 0 Å². The summed E-state index contributed by atoms with van der Waals surface area (Å²) >= 11 is 0. The fourth-order valence-corrected chi connectivity index (χ4v) is 2.31. The van der Waals surface area contributed by atoms with E-state index in [4.69, 9.17) is 4.74 Å². The molecule has 2 aliphatic rings. The molecule has 94 valence electrons. The highest BCUT2D eigenvalue weighted by molar-refractivity contribution is 4.83. The lowest BCUT2D eigenvalue weighted by molar-refractivity contribution is -0.235. The van der Waals surface area contributed by atoms with E-state index >= 15 is 0 Å². The molecule has 3 unspecified atom stereocenters. The minimum absolute atomic E-state index is 0.0936. The molecule has 0 aromatic rings. The minimum Gasteiger partial charge on any atom is -0.388 e. The van der Waals surface area contributed by atoms with Gasteiger partial charge in [0.15, 0.2) is 0 Å². The van der Waals surface area contributed by atoms with E-state index in [1.807, 2.05) is 11.9 Å². The quantitative estimate of drug-likeness (QED) is 0.688. The topological polar surface area (TPSA) is 39.2 Å². The molecule has 0 aliphatic carbocycles. The predicted molar refractivity (Wildman–Crippen MR) is 62.0 cm³/mol. The largest absolute Gasteiger partial charge is 0.388 e. The zero-order valence-electron chi connectivity index (χ0n) is 10.5. The van der Waals surface area contributed by atoms with Crippen LogP contribution in [0.3, 0.4) is 0 Å². The highest BCUT2D eigenvalue weighted by atomic mass is 16.5. The van der Waals surface area contributed by atoms with Crippen molar-refractivity contribution in [2.75, 3.05) is 46.8 Å². The lowest BCUT2D eigenvalue weighted by Crippen LogP contribution is -2.62. The number of aliphatic hydroxyl groups excluding tert-OH is 1. The van der Waals surface area contributed by atoms with Crippen LogP contribution in [0.4, 0.5) is 0 Å². The summed E-state index contributed by atoms with van der Waals surface area (Å²) in [7, 11) is 4.13. The van der Waals surface area contributed by atoms with Crippen molar-refractivity contribution in [1.82, 2.24) is 14.7 Å². The van der Waals surface area contributed by atoms with Gasteiger partial charge in [0, 0.05) is 32.7 Å². The van der Waals surface area contributed by atoms with Gasteiger partial charge in [-0.3, -0.25) is 9.80 Å². The average molecular weight is 229 g/mol. The molecule has 0 saturated carbocycles. The van der Waals surface area contributed by atoms with E-state index in [0.717, 1.165) is 32.7 Å². The van der Waals surface area contributed by atoms with Crippen molar-refractivity contribution in [3.63, 3.8) is 0 Å². The fraction of sp³-hybridized carbons (Fsp3) is 1.00. The summed E-state index contributed by atoms with van der Waals surface area (Å²) in [5.74, 6) is 0. The maximum Gasteiger partial charge on any atom is 0.140 e. The van der Waals surface area contributed by atoms with Crippen molar-refractivity contribution in [3.8, 4) is 0 Å². The van der Waals surface area contributed by atoms with Crippen LogP contribution in [0.25, 0.3) is 0 Å². The van der Waals surface area contributed by atoms with Crippen molar-refractivity contribution in [1.29, 1.82) is 0 Å².